The van der Waals surface area contributed by atoms with Crippen molar-refractivity contribution in [1.82, 2.24) is 4.90 Å². The van der Waals surface area contributed by atoms with Crippen LogP contribution in [-0.4, -0.2) is 44.1 Å². The quantitative estimate of drug-likeness (QED) is 0.644. The fraction of sp³-hybridized carbons (Fsp3) is 0.400. The van der Waals surface area contributed by atoms with Gasteiger partial charge < -0.3 is 19.1 Å². The van der Waals surface area contributed by atoms with Crippen molar-refractivity contribution in [2.24, 2.45) is 0 Å². The van der Waals surface area contributed by atoms with Crippen LogP contribution in [0.5, 0.6) is 11.5 Å². The number of aryl methyl sites for hydroxylation is 2. The number of thiophene rings is 1. The molecule has 2 rings (SSSR count). The van der Waals surface area contributed by atoms with Gasteiger partial charge in [-0.2, -0.15) is 0 Å². The predicted molar refractivity (Wildman–Crippen MR) is 105 cm³/mol. The first kappa shape index (κ1) is 20.8. The van der Waals surface area contributed by atoms with Crippen molar-refractivity contribution in [1.29, 1.82) is 0 Å². The highest BCUT2D eigenvalue weighted by Crippen LogP contribution is 2.28. The molecule has 0 saturated carbocycles. The number of carbonyl (C=O) groups is 2. The van der Waals surface area contributed by atoms with Crippen molar-refractivity contribution < 1.29 is 23.8 Å². The van der Waals surface area contributed by atoms with Gasteiger partial charge in [0, 0.05) is 22.8 Å². The monoisotopic (exact) mass is 391 g/mol. The van der Waals surface area contributed by atoms with Gasteiger partial charge in [-0.25, -0.2) is 4.79 Å². The van der Waals surface area contributed by atoms with Crippen LogP contribution in [0.15, 0.2) is 24.3 Å². The zero-order valence-electron chi connectivity index (χ0n) is 16.3. The summed E-state index contributed by atoms with van der Waals surface area (Å²) in [6, 6.07) is 7.29. The second kappa shape index (κ2) is 9.41. The van der Waals surface area contributed by atoms with E-state index in [2.05, 4.69) is 0 Å². The molecule has 2 aromatic rings. The molecular weight excluding hydrogens is 366 g/mol. The molecule has 146 valence electrons. The summed E-state index contributed by atoms with van der Waals surface area (Å²) in [5.41, 5.74) is 1.42. The van der Waals surface area contributed by atoms with E-state index in [0.29, 0.717) is 30.2 Å². The third kappa shape index (κ3) is 5.23. The Morgan fingerprint density at radius 3 is 2.33 bits per heavy atom. The maximum Gasteiger partial charge on any atom is 0.339 e. The lowest BCUT2D eigenvalue weighted by atomic mass is 10.2. The Labute approximate surface area is 163 Å². The highest BCUT2D eigenvalue weighted by atomic mass is 32.1. The first-order chi connectivity index (χ1) is 12.9. The van der Waals surface area contributed by atoms with Crippen LogP contribution in [-0.2, 0) is 16.1 Å². The van der Waals surface area contributed by atoms with E-state index in [1.807, 2.05) is 32.9 Å². The van der Waals surface area contributed by atoms with Crippen LogP contribution in [0.4, 0.5) is 0 Å². The molecule has 7 heteroatoms. The van der Waals surface area contributed by atoms with E-state index in [1.54, 1.807) is 31.3 Å². The number of hydrogen-bond acceptors (Lipinski definition) is 6. The van der Waals surface area contributed by atoms with Crippen molar-refractivity contribution in [3.63, 3.8) is 0 Å². The maximum atomic E-state index is 12.5. The van der Waals surface area contributed by atoms with E-state index in [4.69, 9.17) is 14.2 Å². The lowest BCUT2D eigenvalue weighted by Crippen LogP contribution is -2.34. The van der Waals surface area contributed by atoms with E-state index in [9.17, 15) is 9.59 Å². The molecule has 0 saturated heterocycles. The van der Waals surface area contributed by atoms with E-state index in [-0.39, 0.29) is 12.5 Å². The summed E-state index contributed by atoms with van der Waals surface area (Å²) >= 11 is 1.53. The summed E-state index contributed by atoms with van der Waals surface area (Å²) in [5.74, 6) is 0.525. The van der Waals surface area contributed by atoms with Crippen molar-refractivity contribution in [2.75, 3.05) is 27.4 Å². The third-order valence-electron chi connectivity index (χ3n) is 4.14. The molecule has 1 heterocycles. The van der Waals surface area contributed by atoms with Gasteiger partial charge >= 0.3 is 5.97 Å². The number of ether oxygens (including phenoxy) is 3. The molecule has 0 aliphatic rings. The second-order valence-electron chi connectivity index (χ2n) is 6.00. The molecule has 0 radical (unpaired) electrons. The molecule has 0 N–H and O–H groups in total. The van der Waals surface area contributed by atoms with Gasteiger partial charge in [0.1, 0.15) is 0 Å². The highest BCUT2D eigenvalue weighted by molar-refractivity contribution is 7.12. The fourth-order valence-corrected chi connectivity index (χ4v) is 3.62. The number of methoxy groups -OCH3 is 2. The molecule has 1 aromatic carbocycles. The molecule has 0 spiro atoms. The summed E-state index contributed by atoms with van der Waals surface area (Å²) in [7, 11) is 3.14. The van der Waals surface area contributed by atoms with Crippen LogP contribution in [0, 0.1) is 13.8 Å². The van der Waals surface area contributed by atoms with Crippen LogP contribution in [0.25, 0.3) is 0 Å². The lowest BCUT2D eigenvalue weighted by molar-refractivity contribution is -0.134. The summed E-state index contributed by atoms with van der Waals surface area (Å²) in [4.78, 5) is 28.2. The van der Waals surface area contributed by atoms with E-state index >= 15 is 0 Å². The molecule has 0 aliphatic heterocycles. The smallest absolute Gasteiger partial charge is 0.339 e. The molecule has 1 aromatic heterocycles. The van der Waals surface area contributed by atoms with Crippen molar-refractivity contribution in [3.05, 3.63) is 45.1 Å². The normalized spacial score (nSPS) is 10.4. The van der Waals surface area contributed by atoms with Gasteiger partial charge in [-0.3, -0.25) is 4.79 Å². The molecule has 0 atom stereocenters. The Morgan fingerprint density at radius 1 is 1.07 bits per heavy atom. The Balaban J connectivity index is 1.99. The number of carbonyl (C=O) groups excluding carboxylic acids is 2. The summed E-state index contributed by atoms with van der Waals surface area (Å²) in [6.45, 7) is 6.29. The van der Waals surface area contributed by atoms with E-state index in [0.717, 1.165) is 15.3 Å². The number of amides is 1. The largest absolute Gasteiger partial charge is 0.493 e. The number of rotatable bonds is 8. The molecule has 27 heavy (non-hydrogen) atoms. The number of likely N-dealkylation sites (N-methyl/N-ethyl adjacent to an activating group) is 1. The zero-order chi connectivity index (χ0) is 20.0. The highest BCUT2D eigenvalue weighted by Gasteiger charge is 2.18. The van der Waals surface area contributed by atoms with Crippen molar-refractivity contribution in [3.8, 4) is 11.5 Å². The summed E-state index contributed by atoms with van der Waals surface area (Å²) < 4.78 is 15.7. The van der Waals surface area contributed by atoms with Crippen LogP contribution < -0.4 is 9.47 Å². The van der Waals surface area contributed by atoms with Gasteiger partial charge in [-0.15, -0.1) is 11.3 Å². The lowest BCUT2D eigenvalue weighted by Gasteiger charge is -2.21. The Kier molecular flexibility index (Phi) is 7.24. The zero-order valence-corrected chi connectivity index (χ0v) is 17.1. The Hall–Kier alpha value is -2.54. The minimum Gasteiger partial charge on any atom is -0.493 e. The average Bonchev–Trinajstić information content (AvgIpc) is 3.01. The number of benzene rings is 1. The first-order valence-electron chi connectivity index (χ1n) is 8.62. The molecule has 0 unspecified atom stereocenters. The molecule has 0 fully saturated rings. The minimum atomic E-state index is -0.465. The van der Waals surface area contributed by atoms with Gasteiger partial charge in [-0.1, -0.05) is 6.07 Å². The molecule has 6 nitrogen and oxygen atoms in total. The SMILES string of the molecule is CCN(Cc1ccc(OC)c(OC)c1)C(=O)COC(=O)c1cc(C)sc1C. The standard InChI is InChI=1S/C20H25NO5S/c1-6-21(11-15-7-8-17(24-4)18(10-15)25-5)19(22)12-26-20(23)16-9-13(2)27-14(16)3/h7-10H,6,11-12H2,1-5H3. The Morgan fingerprint density at radius 2 is 1.78 bits per heavy atom. The van der Waals surface area contributed by atoms with Crippen LogP contribution in [0.1, 0.15) is 32.6 Å². The average molecular weight is 391 g/mol. The van der Waals surface area contributed by atoms with Gasteiger partial charge in [-0.05, 0) is 44.5 Å². The maximum absolute atomic E-state index is 12.5. The third-order valence-corrected chi connectivity index (χ3v) is 5.11. The number of nitrogens with zero attached hydrogens (tertiary/aromatic N) is 1. The second-order valence-corrected chi connectivity index (χ2v) is 7.46. The van der Waals surface area contributed by atoms with Crippen LogP contribution >= 0.6 is 11.3 Å². The van der Waals surface area contributed by atoms with E-state index < -0.39 is 5.97 Å². The van der Waals surface area contributed by atoms with Crippen LogP contribution in [0.3, 0.4) is 0 Å². The van der Waals surface area contributed by atoms with Gasteiger partial charge in [0.05, 0.1) is 19.8 Å². The topological polar surface area (TPSA) is 65.1 Å². The molecule has 0 aliphatic carbocycles. The van der Waals surface area contributed by atoms with Gasteiger partial charge in [0.2, 0.25) is 0 Å². The van der Waals surface area contributed by atoms with Gasteiger partial charge in [0.25, 0.3) is 5.91 Å². The molecular formula is C20H25NO5S. The van der Waals surface area contributed by atoms with E-state index in [1.165, 1.54) is 11.3 Å². The van der Waals surface area contributed by atoms with Crippen molar-refractivity contribution in [2.45, 2.75) is 27.3 Å². The predicted octanol–water partition coefficient (Wildman–Crippen LogP) is 3.59. The molecule has 1 amide bonds. The van der Waals surface area contributed by atoms with Crippen molar-refractivity contribution >= 4 is 23.2 Å². The first-order valence-corrected chi connectivity index (χ1v) is 9.44. The summed E-state index contributed by atoms with van der Waals surface area (Å²) in [6.07, 6.45) is 0. The number of hydrogen-bond donors (Lipinski definition) is 0. The fourth-order valence-electron chi connectivity index (χ4n) is 2.71. The molecule has 0 bridgehead atoms. The summed E-state index contributed by atoms with van der Waals surface area (Å²) in [5, 5.41) is 0. The minimum absolute atomic E-state index is 0.245. The Bertz CT molecular complexity index is 815. The van der Waals surface area contributed by atoms with Crippen LogP contribution in [0.2, 0.25) is 0 Å². The van der Waals surface area contributed by atoms with Gasteiger partial charge in [0.15, 0.2) is 18.1 Å². The number of esters is 1.